The molecule has 0 aromatic rings. The topological polar surface area (TPSA) is 66.4 Å². The zero-order valence-electron chi connectivity index (χ0n) is 8.93. The van der Waals surface area contributed by atoms with Crippen molar-refractivity contribution < 1.29 is 27.9 Å². The fraction of sp³-hybridized carbons (Fsp3) is 0.800. The zero-order valence-corrected chi connectivity index (χ0v) is 8.93. The van der Waals surface area contributed by atoms with Crippen LogP contribution in [0.25, 0.3) is 0 Å². The predicted molar refractivity (Wildman–Crippen MR) is 50.1 cm³/mol. The summed E-state index contributed by atoms with van der Waals surface area (Å²) in [5, 5.41) is 11.0. The van der Waals surface area contributed by atoms with E-state index in [1.807, 2.05) is 5.32 Å². The van der Waals surface area contributed by atoms with Crippen LogP contribution < -0.4 is 5.32 Å². The molecule has 3 saturated carbocycles. The van der Waals surface area contributed by atoms with Crippen LogP contribution in [0.2, 0.25) is 0 Å². The molecule has 1 amide bonds. The number of aliphatic carboxylic acids is 1. The third kappa shape index (κ3) is 1.87. The lowest BCUT2D eigenvalue weighted by Gasteiger charge is -2.58. The zero-order chi connectivity index (χ0) is 12.9. The van der Waals surface area contributed by atoms with Gasteiger partial charge in [0.1, 0.15) is 0 Å². The van der Waals surface area contributed by atoms with E-state index in [1.54, 1.807) is 0 Å². The molecule has 2 bridgehead atoms. The highest BCUT2D eigenvalue weighted by Crippen LogP contribution is 2.58. The van der Waals surface area contributed by atoms with Crippen LogP contribution >= 0.6 is 0 Å². The van der Waals surface area contributed by atoms with Gasteiger partial charge in [-0.15, -0.1) is 0 Å². The summed E-state index contributed by atoms with van der Waals surface area (Å²) >= 11 is 0. The van der Waals surface area contributed by atoms with Crippen LogP contribution in [0.5, 0.6) is 0 Å². The van der Waals surface area contributed by atoms with Gasteiger partial charge in [0.2, 0.25) is 0 Å². The van der Waals surface area contributed by atoms with Crippen molar-refractivity contribution >= 4 is 11.9 Å². The lowest BCUT2D eigenvalue weighted by atomic mass is 9.50. The number of carbonyl (C=O) groups excluding carboxylic acids is 1. The Kier molecular flexibility index (Phi) is 2.41. The summed E-state index contributed by atoms with van der Waals surface area (Å²) in [4.78, 5) is 21.9. The van der Waals surface area contributed by atoms with Crippen molar-refractivity contribution in [2.24, 2.45) is 5.41 Å². The summed E-state index contributed by atoms with van der Waals surface area (Å²) in [5.74, 6) is -2.95. The Morgan fingerprint density at radius 1 is 1.18 bits per heavy atom. The lowest BCUT2D eigenvalue weighted by Crippen LogP contribution is -2.68. The summed E-state index contributed by atoms with van der Waals surface area (Å²) in [6.45, 7) is 0. The first-order valence-corrected chi connectivity index (χ1v) is 5.32. The summed E-state index contributed by atoms with van der Waals surface area (Å²) in [7, 11) is 0. The molecule has 17 heavy (non-hydrogen) atoms. The second-order valence-corrected chi connectivity index (χ2v) is 5.02. The first-order chi connectivity index (χ1) is 7.69. The van der Waals surface area contributed by atoms with Gasteiger partial charge in [-0.1, -0.05) is 0 Å². The van der Waals surface area contributed by atoms with Crippen LogP contribution in [0.15, 0.2) is 0 Å². The van der Waals surface area contributed by atoms with E-state index in [0.29, 0.717) is 19.3 Å². The average molecular weight is 251 g/mol. The highest BCUT2D eigenvalue weighted by atomic mass is 19.4. The predicted octanol–water partition coefficient (Wildman–Crippen LogP) is 1.45. The molecule has 0 heterocycles. The van der Waals surface area contributed by atoms with E-state index >= 15 is 0 Å². The highest BCUT2D eigenvalue weighted by Gasteiger charge is 2.63. The van der Waals surface area contributed by atoms with Crippen molar-refractivity contribution in [3.05, 3.63) is 0 Å². The number of hydrogen-bond acceptors (Lipinski definition) is 2. The number of rotatable bonds is 2. The van der Waals surface area contributed by atoms with Crippen LogP contribution in [0.3, 0.4) is 0 Å². The molecule has 4 nitrogen and oxygen atoms in total. The molecule has 2 N–H and O–H groups in total. The smallest absolute Gasteiger partial charge is 0.471 e. The van der Waals surface area contributed by atoms with Crippen LogP contribution in [0, 0.1) is 5.41 Å². The van der Waals surface area contributed by atoms with E-state index < -0.39 is 29.0 Å². The van der Waals surface area contributed by atoms with Gasteiger partial charge in [-0.05, 0) is 32.1 Å². The van der Waals surface area contributed by atoms with Crippen LogP contribution in [0.1, 0.15) is 32.1 Å². The molecule has 0 aromatic carbocycles. The first kappa shape index (κ1) is 12.2. The molecular weight excluding hydrogens is 239 g/mol. The Hall–Kier alpha value is -1.27. The maximum Gasteiger partial charge on any atom is 0.471 e. The maximum atomic E-state index is 12.1. The van der Waals surface area contributed by atoms with Gasteiger partial charge in [0, 0.05) is 5.54 Å². The van der Waals surface area contributed by atoms with Crippen LogP contribution in [0.4, 0.5) is 13.2 Å². The number of hydrogen-bond donors (Lipinski definition) is 2. The van der Waals surface area contributed by atoms with E-state index in [2.05, 4.69) is 0 Å². The molecule has 96 valence electrons. The van der Waals surface area contributed by atoms with Crippen molar-refractivity contribution in [3.63, 3.8) is 0 Å². The van der Waals surface area contributed by atoms with Gasteiger partial charge in [-0.2, -0.15) is 13.2 Å². The number of carboxylic acids is 1. The number of halogens is 3. The normalized spacial score (nSPS) is 35.9. The Morgan fingerprint density at radius 2 is 1.76 bits per heavy atom. The number of carboxylic acid groups (broad SMARTS) is 1. The number of amides is 1. The van der Waals surface area contributed by atoms with Gasteiger partial charge in [0.25, 0.3) is 0 Å². The van der Waals surface area contributed by atoms with E-state index in [0.717, 1.165) is 0 Å². The van der Waals surface area contributed by atoms with Crippen molar-refractivity contribution in [3.8, 4) is 0 Å². The number of carbonyl (C=O) groups is 2. The van der Waals surface area contributed by atoms with Gasteiger partial charge in [-0.3, -0.25) is 9.59 Å². The fourth-order valence-corrected chi connectivity index (χ4v) is 3.08. The van der Waals surface area contributed by atoms with Crippen molar-refractivity contribution in [2.75, 3.05) is 0 Å². The SMILES string of the molecule is O=C(NC12CCCC(C(=O)O)(C1)C2)C(F)(F)F. The van der Waals surface area contributed by atoms with Crippen molar-refractivity contribution in [2.45, 2.75) is 43.8 Å². The van der Waals surface area contributed by atoms with Gasteiger partial charge >= 0.3 is 18.1 Å². The number of fused-ring (bicyclic) bond motifs is 2. The Labute approximate surface area is 95.2 Å². The molecular formula is C10H12F3NO3. The fourth-order valence-electron chi connectivity index (χ4n) is 3.08. The standard InChI is InChI=1S/C10H12F3NO3/c11-10(12,13)6(15)14-9-3-1-2-8(4-9,5-9)7(16)17/h1-5H2,(H,14,15)(H,16,17). The molecule has 3 fully saturated rings. The second kappa shape index (κ2) is 3.36. The summed E-state index contributed by atoms with van der Waals surface area (Å²) in [5.41, 5.74) is -1.87. The lowest BCUT2D eigenvalue weighted by molar-refractivity contribution is -0.186. The van der Waals surface area contributed by atoms with Crippen LogP contribution in [-0.4, -0.2) is 28.7 Å². The highest BCUT2D eigenvalue weighted by molar-refractivity contribution is 5.84. The van der Waals surface area contributed by atoms with Gasteiger partial charge in [0.15, 0.2) is 0 Å². The second-order valence-electron chi connectivity index (χ2n) is 5.02. The third-order valence-electron chi connectivity index (χ3n) is 3.75. The van der Waals surface area contributed by atoms with Gasteiger partial charge in [0.05, 0.1) is 5.41 Å². The molecule has 0 spiro atoms. The molecule has 0 radical (unpaired) electrons. The van der Waals surface area contributed by atoms with Gasteiger partial charge < -0.3 is 10.4 Å². The minimum absolute atomic E-state index is 0.108. The van der Waals surface area contributed by atoms with E-state index in [4.69, 9.17) is 5.11 Å². The molecule has 0 saturated heterocycles. The monoisotopic (exact) mass is 251 g/mol. The average Bonchev–Trinajstić information content (AvgIpc) is 2.14. The van der Waals surface area contributed by atoms with E-state index in [-0.39, 0.29) is 12.8 Å². The Bertz CT molecular complexity index is 371. The molecule has 0 aliphatic heterocycles. The molecule has 0 unspecified atom stereocenters. The largest absolute Gasteiger partial charge is 0.481 e. The minimum Gasteiger partial charge on any atom is -0.481 e. The maximum absolute atomic E-state index is 12.1. The number of alkyl halides is 3. The first-order valence-electron chi connectivity index (χ1n) is 5.32. The molecule has 3 rings (SSSR count). The molecule has 3 aliphatic rings. The third-order valence-corrected chi connectivity index (χ3v) is 3.75. The summed E-state index contributed by atoms with van der Waals surface area (Å²) < 4.78 is 36.4. The summed E-state index contributed by atoms with van der Waals surface area (Å²) in [6.07, 6.45) is -3.26. The Balaban J connectivity index is 2.05. The van der Waals surface area contributed by atoms with E-state index in [9.17, 15) is 22.8 Å². The molecule has 0 atom stereocenters. The van der Waals surface area contributed by atoms with Crippen LogP contribution in [-0.2, 0) is 9.59 Å². The molecule has 7 heteroatoms. The minimum atomic E-state index is -4.91. The van der Waals surface area contributed by atoms with Gasteiger partial charge in [-0.25, -0.2) is 0 Å². The van der Waals surface area contributed by atoms with Crippen molar-refractivity contribution in [1.82, 2.24) is 5.32 Å². The summed E-state index contributed by atoms with van der Waals surface area (Å²) in [6, 6.07) is 0. The Morgan fingerprint density at radius 3 is 2.24 bits per heavy atom. The number of nitrogens with one attached hydrogen (secondary N) is 1. The van der Waals surface area contributed by atoms with Crippen molar-refractivity contribution in [1.29, 1.82) is 0 Å². The molecule has 3 aliphatic carbocycles. The molecule has 0 aromatic heterocycles. The quantitative estimate of drug-likeness (QED) is 0.780. The van der Waals surface area contributed by atoms with E-state index in [1.165, 1.54) is 0 Å².